The molecule has 4 fully saturated rings. The Morgan fingerprint density at radius 2 is 1.71 bits per heavy atom. The zero-order chi connectivity index (χ0) is 16.6. The molecule has 3 saturated carbocycles. The van der Waals surface area contributed by atoms with Crippen molar-refractivity contribution in [3.05, 3.63) is 24.3 Å². The lowest BCUT2D eigenvalue weighted by molar-refractivity contribution is -0.158. The van der Waals surface area contributed by atoms with E-state index in [1.54, 1.807) is 12.1 Å². The van der Waals surface area contributed by atoms with Gasteiger partial charge in [-0.05, 0) is 93.9 Å². The summed E-state index contributed by atoms with van der Waals surface area (Å²) < 4.78 is 0. The van der Waals surface area contributed by atoms with Crippen LogP contribution in [0.15, 0.2) is 24.3 Å². The van der Waals surface area contributed by atoms with Crippen molar-refractivity contribution >= 4 is 11.6 Å². The molecule has 5 atom stereocenters. The minimum Gasteiger partial charge on any atom is -0.508 e. The molecule has 0 aromatic heterocycles. The molecule has 1 aromatic carbocycles. The van der Waals surface area contributed by atoms with Crippen LogP contribution in [0.1, 0.15) is 46.0 Å². The number of amides is 1. The van der Waals surface area contributed by atoms with Crippen molar-refractivity contribution in [3.63, 3.8) is 0 Å². The molecule has 1 N–H and O–H groups in total. The molecule has 128 valence electrons. The van der Waals surface area contributed by atoms with E-state index in [1.165, 1.54) is 25.7 Å². The van der Waals surface area contributed by atoms with E-state index in [0.717, 1.165) is 29.9 Å². The molecule has 4 nitrogen and oxygen atoms in total. The molecule has 1 saturated heterocycles. The molecular formula is C20H26N2O2. The molecular weight excluding hydrogens is 300 g/mol. The van der Waals surface area contributed by atoms with Gasteiger partial charge in [0.25, 0.3) is 5.91 Å². The normalized spacial score (nSPS) is 39.2. The summed E-state index contributed by atoms with van der Waals surface area (Å²) in [5, 5.41) is 13.8. The van der Waals surface area contributed by atoms with Gasteiger partial charge in [0.05, 0.1) is 11.7 Å². The number of anilines is 1. The molecule has 5 unspecified atom stereocenters. The van der Waals surface area contributed by atoms with Gasteiger partial charge in [-0.25, -0.2) is 5.01 Å². The van der Waals surface area contributed by atoms with Crippen LogP contribution < -0.4 is 5.01 Å². The average Bonchev–Trinajstić information content (AvgIpc) is 2.78. The van der Waals surface area contributed by atoms with Crippen molar-refractivity contribution in [2.24, 2.45) is 23.7 Å². The number of hydrogen-bond acceptors (Lipinski definition) is 3. The zero-order valence-electron chi connectivity index (χ0n) is 14.5. The Morgan fingerprint density at radius 3 is 2.46 bits per heavy atom. The largest absolute Gasteiger partial charge is 0.508 e. The Balaban J connectivity index is 1.47. The van der Waals surface area contributed by atoms with Gasteiger partial charge in [-0.3, -0.25) is 9.80 Å². The number of hydrazine groups is 1. The summed E-state index contributed by atoms with van der Waals surface area (Å²) in [5.41, 5.74) is 0.505. The van der Waals surface area contributed by atoms with Crippen LogP contribution in [0.4, 0.5) is 5.69 Å². The fraction of sp³-hybridized carbons (Fsp3) is 0.650. The topological polar surface area (TPSA) is 43.8 Å². The minimum absolute atomic E-state index is 0.250. The highest BCUT2D eigenvalue weighted by Crippen LogP contribution is 2.60. The van der Waals surface area contributed by atoms with Crippen LogP contribution in [0.2, 0.25) is 0 Å². The van der Waals surface area contributed by atoms with Crippen molar-refractivity contribution in [3.8, 4) is 5.75 Å². The molecule has 1 aliphatic heterocycles. The maximum Gasteiger partial charge on any atom is 0.268 e. The van der Waals surface area contributed by atoms with E-state index in [1.807, 2.05) is 26.0 Å². The summed E-state index contributed by atoms with van der Waals surface area (Å²) in [6.45, 7) is 4.01. The smallest absolute Gasteiger partial charge is 0.268 e. The number of benzene rings is 1. The highest BCUT2D eigenvalue weighted by atomic mass is 16.3. The summed E-state index contributed by atoms with van der Waals surface area (Å²) in [4.78, 5) is 12.9. The first-order chi connectivity index (χ1) is 11.5. The van der Waals surface area contributed by atoms with Crippen LogP contribution in [0.25, 0.3) is 0 Å². The van der Waals surface area contributed by atoms with Gasteiger partial charge in [-0.1, -0.05) is 0 Å². The standard InChI is InChI=1S/C20H26N2O2/c1-20(2)19(24)21(22(20)15-4-6-16(23)7-5-15)18-8-3-12-9-13-10-14(18)11-17(12)13/h4-7,12-14,17-18,23H,3,8-11H2,1-2H3. The van der Waals surface area contributed by atoms with Crippen molar-refractivity contribution in [2.75, 3.05) is 5.01 Å². The summed E-state index contributed by atoms with van der Waals surface area (Å²) in [5.74, 6) is 4.01. The SMILES string of the molecule is CC1(C)C(=O)N(C2CCC3CC4CC2CC34)N1c1ccc(O)cc1. The second-order valence-corrected chi connectivity index (χ2v) is 8.83. The van der Waals surface area contributed by atoms with Crippen molar-refractivity contribution in [1.82, 2.24) is 5.01 Å². The van der Waals surface area contributed by atoms with Gasteiger partial charge in [0.2, 0.25) is 0 Å². The Morgan fingerprint density at radius 1 is 1.00 bits per heavy atom. The molecule has 1 heterocycles. The molecule has 0 radical (unpaired) electrons. The molecule has 2 bridgehead atoms. The van der Waals surface area contributed by atoms with Crippen molar-refractivity contribution in [1.29, 1.82) is 0 Å². The number of rotatable bonds is 2. The predicted molar refractivity (Wildman–Crippen MR) is 92.3 cm³/mol. The molecule has 4 heteroatoms. The lowest BCUT2D eigenvalue weighted by Gasteiger charge is -2.60. The maximum atomic E-state index is 12.9. The van der Waals surface area contributed by atoms with Crippen molar-refractivity contribution < 1.29 is 9.90 Å². The number of hydrogen-bond donors (Lipinski definition) is 1. The Labute approximate surface area is 143 Å². The quantitative estimate of drug-likeness (QED) is 0.904. The van der Waals surface area contributed by atoms with E-state index in [0.29, 0.717) is 12.0 Å². The van der Waals surface area contributed by atoms with Crippen molar-refractivity contribution in [2.45, 2.75) is 57.5 Å². The third-order valence-corrected chi connectivity index (χ3v) is 7.26. The fourth-order valence-electron chi connectivity index (χ4n) is 6.03. The number of phenols is 1. The Bertz CT molecular complexity index is 683. The molecule has 1 amide bonds. The van der Waals surface area contributed by atoms with Crippen LogP contribution in [0, 0.1) is 23.7 Å². The van der Waals surface area contributed by atoms with E-state index >= 15 is 0 Å². The first-order valence-electron chi connectivity index (χ1n) is 9.39. The Kier molecular flexibility index (Phi) is 2.85. The van der Waals surface area contributed by atoms with Gasteiger partial charge in [0, 0.05) is 0 Å². The lowest BCUT2D eigenvalue weighted by atomic mass is 9.64. The number of aromatic hydroxyl groups is 1. The molecule has 1 aromatic rings. The van der Waals surface area contributed by atoms with E-state index in [2.05, 4.69) is 10.0 Å². The van der Waals surface area contributed by atoms with Crippen LogP contribution in [0.3, 0.4) is 0 Å². The summed E-state index contributed by atoms with van der Waals surface area (Å²) in [7, 11) is 0. The first kappa shape index (κ1) is 14.6. The maximum absolute atomic E-state index is 12.9. The second kappa shape index (κ2) is 4.68. The Hall–Kier alpha value is -1.71. The molecule has 3 aliphatic carbocycles. The number of carbonyl (C=O) groups is 1. The number of nitrogens with zero attached hydrogens (tertiary/aromatic N) is 2. The minimum atomic E-state index is -0.496. The third kappa shape index (κ3) is 1.77. The number of fused-ring (bicyclic) bond motifs is 1. The monoisotopic (exact) mass is 326 g/mol. The lowest BCUT2D eigenvalue weighted by Crippen LogP contribution is -2.78. The van der Waals surface area contributed by atoms with Gasteiger partial charge >= 0.3 is 0 Å². The van der Waals surface area contributed by atoms with Crippen LogP contribution in [-0.2, 0) is 4.79 Å². The van der Waals surface area contributed by atoms with E-state index in [9.17, 15) is 9.90 Å². The fourth-order valence-corrected chi connectivity index (χ4v) is 6.03. The van der Waals surface area contributed by atoms with Crippen LogP contribution >= 0.6 is 0 Å². The van der Waals surface area contributed by atoms with Gasteiger partial charge in [-0.15, -0.1) is 0 Å². The number of carbonyl (C=O) groups excluding carboxylic acids is 1. The average molecular weight is 326 g/mol. The highest BCUT2D eigenvalue weighted by molar-refractivity contribution is 5.97. The predicted octanol–water partition coefficient (Wildman–Crippen LogP) is 3.56. The number of phenolic OH excluding ortho intramolecular Hbond substituents is 1. The summed E-state index contributed by atoms with van der Waals surface area (Å²) in [6, 6.07) is 7.61. The van der Waals surface area contributed by atoms with E-state index in [-0.39, 0.29) is 11.7 Å². The highest BCUT2D eigenvalue weighted by Gasteiger charge is 2.60. The van der Waals surface area contributed by atoms with Gasteiger partial charge in [0.15, 0.2) is 0 Å². The van der Waals surface area contributed by atoms with Gasteiger partial charge in [-0.2, -0.15) is 0 Å². The van der Waals surface area contributed by atoms with Gasteiger partial charge < -0.3 is 5.11 Å². The zero-order valence-corrected chi connectivity index (χ0v) is 14.5. The van der Waals surface area contributed by atoms with Crippen LogP contribution in [-0.4, -0.2) is 27.6 Å². The second-order valence-electron chi connectivity index (χ2n) is 8.83. The molecule has 5 rings (SSSR count). The van der Waals surface area contributed by atoms with Gasteiger partial charge in [0.1, 0.15) is 11.3 Å². The molecule has 4 aliphatic rings. The summed E-state index contributed by atoms with van der Waals surface area (Å²) >= 11 is 0. The third-order valence-electron chi connectivity index (χ3n) is 7.26. The van der Waals surface area contributed by atoms with Crippen LogP contribution in [0.5, 0.6) is 5.75 Å². The molecule has 0 spiro atoms. The summed E-state index contributed by atoms with van der Waals surface area (Å²) in [6.07, 6.45) is 6.52. The molecule has 24 heavy (non-hydrogen) atoms. The first-order valence-corrected chi connectivity index (χ1v) is 9.39. The van der Waals surface area contributed by atoms with E-state index < -0.39 is 5.54 Å². The van der Waals surface area contributed by atoms with E-state index in [4.69, 9.17) is 0 Å².